The maximum atomic E-state index is 14.1. The van der Waals surface area contributed by atoms with Crippen LogP contribution in [0.3, 0.4) is 0 Å². The summed E-state index contributed by atoms with van der Waals surface area (Å²) in [5, 5.41) is 8.55. The summed E-state index contributed by atoms with van der Waals surface area (Å²) in [5.41, 5.74) is 4.38. The molecule has 0 fully saturated rings. The Hall–Kier alpha value is -4.92. The molecule has 4 heterocycles. The summed E-state index contributed by atoms with van der Waals surface area (Å²) >= 11 is 0. The van der Waals surface area contributed by atoms with Crippen molar-refractivity contribution in [3.05, 3.63) is 125 Å². The van der Waals surface area contributed by atoms with Crippen LogP contribution in [0.4, 0.5) is 4.39 Å². The Morgan fingerprint density at radius 2 is 1.58 bits per heavy atom. The lowest BCUT2D eigenvalue weighted by molar-refractivity contribution is 0.630. The average molecular weight is 478 g/mol. The first-order chi connectivity index (χ1) is 17.6. The fourth-order valence-electron chi connectivity index (χ4n) is 4.04. The van der Waals surface area contributed by atoms with Crippen molar-refractivity contribution in [1.29, 1.82) is 0 Å². The minimum atomic E-state index is -0.348. The van der Waals surface area contributed by atoms with Crippen LogP contribution in [0, 0.1) is 5.82 Å². The molecule has 6 rings (SSSR count). The lowest BCUT2D eigenvalue weighted by Crippen LogP contribution is -2.18. The van der Waals surface area contributed by atoms with Crippen LogP contribution in [0.5, 0.6) is 0 Å². The molecule has 0 aliphatic carbocycles. The quantitative estimate of drug-likeness (QED) is 0.362. The summed E-state index contributed by atoms with van der Waals surface area (Å²) < 4.78 is 19.4. The molecule has 0 atom stereocenters. The molecular weight excluding hydrogens is 457 g/mol. The molecule has 176 valence electrons. The number of halogens is 1. The second-order valence-corrected chi connectivity index (χ2v) is 8.40. The number of pyridine rings is 2. The highest BCUT2D eigenvalue weighted by atomic mass is 19.1. The molecule has 36 heavy (non-hydrogen) atoms. The van der Waals surface area contributed by atoms with Crippen molar-refractivity contribution < 1.29 is 4.39 Å². The summed E-state index contributed by atoms with van der Waals surface area (Å²) in [4.78, 5) is 20.9. The van der Waals surface area contributed by atoms with Crippen LogP contribution >= 0.6 is 0 Å². The summed E-state index contributed by atoms with van der Waals surface area (Å²) in [6.07, 6.45) is 7.40. The van der Waals surface area contributed by atoms with E-state index in [9.17, 15) is 9.18 Å². The van der Waals surface area contributed by atoms with Gasteiger partial charge in [-0.05, 0) is 42.0 Å². The predicted molar refractivity (Wildman–Crippen MR) is 132 cm³/mol. The van der Waals surface area contributed by atoms with Gasteiger partial charge < -0.3 is 9.13 Å². The van der Waals surface area contributed by atoms with Crippen molar-refractivity contribution in [1.82, 2.24) is 34.1 Å². The van der Waals surface area contributed by atoms with E-state index < -0.39 is 0 Å². The van der Waals surface area contributed by atoms with Crippen molar-refractivity contribution in [2.45, 2.75) is 13.1 Å². The fourth-order valence-corrected chi connectivity index (χ4v) is 4.04. The van der Waals surface area contributed by atoms with E-state index in [1.807, 2.05) is 59.6 Å². The summed E-state index contributed by atoms with van der Waals surface area (Å²) in [6.45, 7) is 0.998. The van der Waals surface area contributed by atoms with Crippen LogP contribution in [0.1, 0.15) is 11.3 Å². The standard InChI is InChI=1S/C27H20FN7O/c28-23-6-2-1-5-22(23)27-29-24-12-14-33(18-25(24)30-27)16-20-17-35(32-31-20)21-10-8-19(9-11-21)15-34-13-4-3-7-26(34)36/h1-14,17-18H,15-16H2. The Balaban J connectivity index is 1.18. The van der Waals surface area contributed by atoms with Crippen molar-refractivity contribution in [2.75, 3.05) is 0 Å². The van der Waals surface area contributed by atoms with E-state index in [1.54, 1.807) is 45.8 Å². The molecule has 0 saturated carbocycles. The number of imidazole rings is 1. The molecule has 0 saturated heterocycles. The van der Waals surface area contributed by atoms with E-state index in [2.05, 4.69) is 20.3 Å². The Labute approximate surface area is 205 Å². The molecule has 2 aliphatic heterocycles. The molecule has 0 radical (unpaired) electrons. The summed E-state index contributed by atoms with van der Waals surface area (Å²) in [7, 11) is 0. The molecule has 0 spiro atoms. The first-order valence-corrected chi connectivity index (χ1v) is 11.4. The lowest BCUT2D eigenvalue weighted by atomic mass is 10.2. The van der Waals surface area contributed by atoms with Crippen molar-refractivity contribution in [3.63, 3.8) is 0 Å². The molecule has 0 unspecified atom stereocenters. The molecule has 0 bridgehead atoms. The van der Waals surface area contributed by atoms with Crippen LogP contribution in [0.2, 0.25) is 0 Å². The van der Waals surface area contributed by atoms with E-state index in [0.717, 1.165) is 16.9 Å². The first kappa shape index (κ1) is 21.6. The van der Waals surface area contributed by atoms with Crippen LogP contribution < -0.4 is 5.56 Å². The number of hydrogen-bond acceptors (Lipinski definition) is 5. The van der Waals surface area contributed by atoms with Gasteiger partial charge in [-0.25, -0.2) is 19.0 Å². The third-order valence-corrected chi connectivity index (χ3v) is 5.88. The third-order valence-electron chi connectivity index (χ3n) is 5.88. The molecule has 8 nitrogen and oxygen atoms in total. The smallest absolute Gasteiger partial charge is 0.250 e. The molecule has 2 aromatic heterocycles. The number of nitrogens with zero attached hydrogens (tertiary/aromatic N) is 7. The number of hydrogen-bond donors (Lipinski definition) is 0. The zero-order valence-electron chi connectivity index (χ0n) is 19.1. The van der Waals surface area contributed by atoms with Gasteiger partial charge in [0.05, 0.1) is 36.2 Å². The number of fused-ring (bicyclic) bond motifs is 1. The molecular formula is C27H20FN7O. The van der Waals surface area contributed by atoms with Gasteiger partial charge in [0.2, 0.25) is 0 Å². The van der Waals surface area contributed by atoms with E-state index in [4.69, 9.17) is 0 Å². The van der Waals surface area contributed by atoms with Gasteiger partial charge in [-0.1, -0.05) is 35.5 Å². The highest BCUT2D eigenvalue weighted by Gasteiger charge is 2.15. The lowest BCUT2D eigenvalue weighted by Gasteiger charge is -2.06. The van der Waals surface area contributed by atoms with E-state index in [1.165, 1.54) is 6.07 Å². The van der Waals surface area contributed by atoms with E-state index in [-0.39, 0.29) is 11.4 Å². The molecule has 0 N–H and O–H groups in total. The number of aromatic nitrogens is 7. The van der Waals surface area contributed by atoms with Gasteiger partial charge in [0, 0.05) is 24.7 Å². The number of benzene rings is 2. The van der Waals surface area contributed by atoms with Crippen LogP contribution in [0.25, 0.3) is 28.5 Å². The van der Waals surface area contributed by atoms with Crippen molar-refractivity contribution in [2.24, 2.45) is 0 Å². The fraction of sp³-hybridized carbons (Fsp3) is 0.0741. The second kappa shape index (κ2) is 9.03. The Morgan fingerprint density at radius 3 is 2.42 bits per heavy atom. The Kier molecular flexibility index (Phi) is 5.42. The van der Waals surface area contributed by atoms with Crippen LogP contribution in [-0.4, -0.2) is 34.1 Å². The number of rotatable bonds is 6. The maximum absolute atomic E-state index is 14.1. The second-order valence-electron chi connectivity index (χ2n) is 8.40. The van der Waals surface area contributed by atoms with Crippen LogP contribution in [-0.2, 0) is 13.1 Å². The summed E-state index contributed by atoms with van der Waals surface area (Å²) in [6, 6.07) is 21.3. The Morgan fingerprint density at radius 1 is 0.778 bits per heavy atom. The van der Waals surface area contributed by atoms with Gasteiger partial charge >= 0.3 is 0 Å². The normalized spacial score (nSPS) is 11.2. The Bertz CT molecular complexity index is 1680. The topological polar surface area (TPSA) is 83.4 Å². The molecule has 0 amide bonds. The highest BCUT2D eigenvalue weighted by Crippen LogP contribution is 2.26. The zero-order chi connectivity index (χ0) is 24.5. The van der Waals surface area contributed by atoms with Gasteiger partial charge in [0.1, 0.15) is 17.2 Å². The van der Waals surface area contributed by atoms with E-state index >= 15 is 0 Å². The largest absolute Gasteiger partial charge is 0.346 e. The van der Waals surface area contributed by atoms with E-state index in [0.29, 0.717) is 35.9 Å². The first-order valence-electron chi connectivity index (χ1n) is 11.4. The molecule has 9 heteroatoms. The van der Waals surface area contributed by atoms with Gasteiger partial charge in [0.15, 0.2) is 5.82 Å². The van der Waals surface area contributed by atoms with Crippen molar-refractivity contribution in [3.8, 4) is 28.5 Å². The van der Waals surface area contributed by atoms with Gasteiger partial charge in [0.25, 0.3) is 5.56 Å². The van der Waals surface area contributed by atoms with Crippen LogP contribution in [0.15, 0.2) is 102 Å². The SMILES string of the molecule is O=c1ccccn1Cc1ccc(-n2cc(Cn3ccc4nc(-c5ccccc5F)nc-4c3)nn2)cc1. The molecule has 2 aromatic carbocycles. The van der Waals surface area contributed by atoms with Gasteiger partial charge in [-0.2, -0.15) is 0 Å². The minimum Gasteiger partial charge on any atom is -0.346 e. The molecule has 2 aliphatic rings. The predicted octanol–water partition coefficient (Wildman–Crippen LogP) is 4.03. The third kappa shape index (κ3) is 4.29. The van der Waals surface area contributed by atoms with Gasteiger partial charge in [-0.15, -0.1) is 5.10 Å². The highest BCUT2D eigenvalue weighted by molar-refractivity contribution is 5.65. The minimum absolute atomic E-state index is 0.0330. The monoisotopic (exact) mass is 477 g/mol. The van der Waals surface area contributed by atoms with Gasteiger partial charge in [-0.3, -0.25) is 4.79 Å². The zero-order valence-corrected chi connectivity index (χ0v) is 19.1. The van der Waals surface area contributed by atoms with Crippen molar-refractivity contribution >= 4 is 0 Å². The molecule has 4 aromatic rings. The maximum Gasteiger partial charge on any atom is 0.250 e. The summed E-state index contributed by atoms with van der Waals surface area (Å²) in [5.74, 6) is 0.0201. The average Bonchev–Trinajstić information content (AvgIpc) is 3.53.